The van der Waals surface area contributed by atoms with Crippen LogP contribution in [0.3, 0.4) is 0 Å². The van der Waals surface area contributed by atoms with Crippen molar-refractivity contribution in [1.29, 1.82) is 0 Å². The molecule has 0 bridgehead atoms. The second-order valence-electron chi connectivity index (χ2n) is 5.37. The third-order valence-corrected chi connectivity index (χ3v) is 3.75. The number of hydrogen-bond acceptors (Lipinski definition) is 3. The second-order valence-corrected chi connectivity index (χ2v) is 5.37. The van der Waals surface area contributed by atoms with Crippen LogP contribution in [0.1, 0.15) is 28.8 Å². The number of carbonyl (C=O) groups excluding carboxylic acids is 2. The summed E-state index contributed by atoms with van der Waals surface area (Å²) in [6, 6.07) is 12.8. The van der Waals surface area contributed by atoms with E-state index in [1.54, 1.807) is 41.3 Å². The Kier molecular flexibility index (Phi) is 4.37. The van der Waals surface area contributed by atoms with Crippen molar-refractivity contribution in [3.63, 3.8) is 0 Å². The van der Waals surface area contributed by atoms with Crippen LogP contribution in [0, 0.1) is 5.82 Å². The summed E-state index contributed by atoms with van der Waals surface area (Å²) in [5.74, 6) is -0.887. The van der Waals surface area contributed by atoms with Gasteiger partial charge in [0.1, 0.15) is 12.4 Å². The smallest absolute Gasteiger partial charge is 0.340 e. The Labute approximate surface area is 133 Å². The van der Waals surface area contributed by atoms with Gasteiger partial charge in [-0.1, -0.05) is 24.3 Å². The van der Waals surface area contributed by atoms with Crippen molar-refractivity contribution in [3.8, 4) is 0 Å². The van der Waals surface area contributed by atoms with Gasteiger partial charge in [0.25, 0.3) is 0 Å². The molecule has 1 aliphatic rings. The first-order valence-electron chi connectivity index (χ1n) is 7.46. The Morgan fingerprint density at radius 2 is 2.00 bits per heavy atom. The average molecular weight is 313 g/mol. The second kappa shape index (κ2) is 6.60. The van der Waals surface area contributed by atoms with Gasteiger partial charge in [-0.3, -0.25) is 4.79 Å². The average Bonchev–Trinajstić information content (AvgIpc) is 2.98. The first-order chi connectivity index (χ1) is 11.1. The highest BCUT2D eigenvalue weighted by Crippen LogP contribution is 2.26. The van der Waals surface area contributed by atoms with E-state index in [0.29, 0.717) is 29.8 Å². The summed E-state index contributed by atoms with van der Waals surface area (Å²) in [6.45, 7) is 0.589. The third-order valence-electron chi connectivity index (χ3n) is 3.75. The highest BCUT2D eigenvalue weighted by atomic mass is 19.1. The highest BCUT2D eigenvalue weighted by Gasteiger charge is 2.26. The molecular formula is C18H16FNO3. The molecule has 0 aliphatic carbocycles. The molecule has 0 saturated carbocycles. The Bertz CT molecular complexity index is 745. The molecule has 1 saturated heterocycles. The number of halogens is 1. The number of benzene rings is 2. The molecule has 0 N–H and O–H groups in total. The fourth-order valence-corrected chi connectivity index (χ4v) is 2.64. The molecule has 2 aromatic carbocycles. The number of carbonyl (C=O) groups is 2. The monoisotopic (exact) mass is 313 g/mol. The van der Waals surface area contributed by atoms with E-state index in [1.807, 2.05) is 0 Å². The fraction of sp³-hybridized carbons (Fsp3) is 0.222. The minimum atomic E-state index is -0.524. The third kappa shape index (κ3) is 3.39. The van der Waals surface area contributed by atoms with Gasteiger partial charge in [0.15, 0.2) is 0 Å². The van der Waals surface area contributed by atoms with Crippen LogP contribution >= 0.6 is 0 Å². The number of ether oxygens (including phenoxy) is 1. The first-order valence-corrected chi connectivity index (χ1v) is 7.46. The summed E-state index contributed by atoms with van der Waals surface area (Å²) in [5, 5.41) is 0. The maximum atomic E-state index is 13.1. The van der Waals surface area contributed by atoms with Gasteiger partial charge >= 0.3 is 5.97 Å². The number of para-hydroxylation sites is 1. The largest absolute Gasteiger partial charge is 0.457 e. The number of rotatable bonds is 4. The lowest BCUT2D eigenvalue weighted by Crippen LogP contribution is -2.26. The van der Waals surface area contributed by atoms with E-state index in [-0.39, 0.29) is 18.3 Å². The molecule has 0 radical (unpaired) electrons. The van der Waals surface area contributed by atoms with Gasteiger partial charge in [0.05, 0.1) is 11.3 Å². The maximum Gasteiger partial charge on any atom is 0.340 e. The Morgan fingerprint density at radius 1 is 1.17 bits per heavy atom. The Morgan fingerprint density at radius 3 is 2.74 bits per heavy atom. The topological polar surface area (TPSA) is 46.6 Å². The van der Waals surface area contributed by atoms with E-state index in [2.05, 4.69) is 0 Å². The molecular weight excluding hydrogens is 297 g/mol. The molecule has 0 spiro atoms. The summed E-state index contributed by atoms with van der Waals surface area (Å²) in [6.07, 6.45) is 1.28. The molecule has 23 heavy (non-hydrogen) atoms. The van der Waals surface area contributed by atoms with Crippen LogP contribution in [-0.2, 0) is 16.1 Å². The van der Waals surface area contributed by atoms with Crippen molar-refractivity contribution in [2.45, 2.75) is 19.4 Å². The minimum Gasteiger partial charge on any atom is -0.457 e. The van der Waals surface area contributed by atoms with E-state index < -0.39 is 5.97 Å². The SMILES string of the molecule is O=C(OCc1cccc(F)c1)c1ccccc1N1CCCC1=O. The lowest BCUT2D eigenvalue weighted by molar-refractivity contribution is -0.117. The molecule has 2 aromatic rings. The molecule has 0 atom stereocenters. The van der Waals surface area contributed by atoms with Crippen LogP contribution < -0.4 is 4.90 Å². The molecule has 118 valence electrons. The highest BCUT2D eigenvalue weighted by molar-refractivity contribution is 6.03. The van der Waals surface area contributed by atoms with Gasteiger partial charge in [-0.05, 0) is 36.2 Å². The fourth-order valence-electron chi connectivity index (χ4n) is 2.64. The quantitative estimate of drug-likeness (QED) is 0.814. The van der Waals surface area contributed by atoms with Crippen molar-refractivity contribution < 1.29 is 18.7 Å². The summed E-state index contributed by atoms with van der Waals surface area (Å²) in [4.78, 5) is 25.8. The van der Waals surface area contributed by atoms with Crippen LogP contribution in [0.2, 0.25) is 0 Å². The van der Waals surface area contributed by atoms with Gasteiger partial charge in [-0.25, -0.2) is 9.18 Å². The van der Waals surface area contributed by atoms with Crippen LogP contribution in [0.5, 0.6) is 0 Å². The molecule has 5 heteroatoms. The maximum absolute atomic E-state index is 13.1. The van der Waals surface area contributed by atoms with Crippen molar-refractivity contribution in [2.24, 2.45) is 0 Å². The lowest BCUT2D eigenvalue weighted by atomic mass is 10.1. The van der Waals surface area contributed by atoms with Crippen LogP contribution in [0.25, 0.3) is 0 Å². The minimum absolute atomic E-state index is 0.00961. The standard InChI is InChI=1S/C18H16FNO3/c19-14-6-3-5-13(11-14)12-23-18(22)15-7-1-2-8-16(15)20-10-4-9-17(20)21/h1-3,5-8,11H,4,9-10,12H2. The summed E-state index contributed by atoms with van der Waals surface area (Å²) in [5.41, 5.74) is 1.49. The number of amides is 1. The molecule has 3 rings (SSSR count). The predicted molar refractivity (Wildman–Crippen MR) is 83.5 cm³/mol. The number of hydrogen-bond donors (Lipinski definition) is 0. The van der Waals surface area contributed by atoms with Crippen LogP contribution in [0.15, 0.2) is 48.5 Å². The molecule has 0 unspecified atom stereocenters. The van der Waals surface area contributed by atoms with Gasteiger partial charge in [-0.15, -0.1) is 0 Å². The summed E-state index contributed by atoms with van der Waals surface area (Å²) < 4.78 is 18.4. The van der Waals surface area contributed by atoms with Gasteiger partial charge in [-0.2, -0.15) is 0 Å². The van der Waals surface area contributed by atoms with Crippen molar-refractivity contribution in [1.82, 2.24) is 0 Å². The number of anilines is 1. The zero-order valence-corrected chi connectivity index (χ0v) is 12.5. The molecule has 1 heterocycles. The van der Waals surface area contributed by atoms with Gasteiger partial charge < -0.3 is 9.64 Å². The van der Waals surface area contributed by atoms with Gasteiger partial charge in [0, 0.05) is 13.0 Å². The van der Waals surface area contributed by atoms with Gasteiger partial charge in [0.2, 0.25) is 5.91 Å². The van der Waals surface area contributed by atoms with E-state index in [1.165, 1.54) is 12.1 Å². The summed E-state index contributed by atoms with van der Waals surface area (Å²) in [7, 11) is 0. The van der Waals surface area contributed by atoms with Crippen molar-refractivity contribution in [2.75, 3.05) is 11.4 Å². The molecule has 0 aromatic heterocycles. The van der Waals surface area contributed by atoms with E-state index in [9.17, 15) is 14.0 Å². The molecule has 4 nitrogen and oxygen atoms in total. The molecule has 1 fully saturated rings. The van der Waals surface area contributed by atoms with E-state index >= 15 is 0 Å². The lowest BCUT2D eigenvalue weighted by Gasteiger charge is -2.18. The van der Waals surface area contributed by atoms with E-state index in [0.717, 1.165) is 6.42 Å². The number of nitrogens with zero attached hydrogens (tertiary/aromatic N) is 1. The van der Waals surface area contributed by atoms with Crippen molar-refractivity contribution >= 4 is 17.6 Å². The van der Waals surface area contributed by atoms with Crippen molar-refractivity contribution in [3.05, 3.63) is 65.5 Å². The Balaban J connectivity index is 1.76. The molecule has 1 aliphatic heterocycles. The van der Waals surface area contributed by atoms with E-state index in [4.69, 9.17) is 4.74 Å². The zero-order chi connectivity index (χ0) is 16.2. The zero-order valence-electron chi connectivity index (χ0n) is 12.5. The Hall–Kier alpha value is -2.69. The number of esters is 1. The van der Waals surface area contributed by atoms with Crippen LogP contribution in [0.4, 0.5) is 10.1 Å². The molecule has 1 amide bonds. The van der Waals surface area contributed by atoms with Crippen LogP contribution in [-0.4, -0.2) is 18.4 Å². The first kappa shape index (κ1) is 15.2. The predicted octanol–water partition coefficient (Wildman–Crippen LogP) is 3.31. The normalized spacial score (nSPS) is 14.1. The summed E-state index contributed by atoms with van der Waals surface area (Å²) >= 11 is 0.